The molecule has 2 aromatic carbocycles. The predicted octanol–water partition coefficient (Wildman–Crippen LogP) is 5.77. The zero-order valence-corrected chi connectivity index (χ0v) is 22.7. The van der Waals surface area contributed by atoms with E-state index in [2.05, 4.69) is 9.97 Å². The zero-order chi connectivity index (χ0) is 28.3. The Kier molecular flexibility index (Phi) is 8.25. The van der Waals surface area contributed by atoms with E-state index < -0.39 is 44.0 Å². The van der Waals surface area contributed by atoms with E-state index in [1.807, 2.05) is 13.8 Å². The molecule has 1 unspecified atom stereocenters. The van der Waals surface area contributed by atoms with Gasteiger partial charge in [0.2, 0.25) is 21.7 Å². The van der Waals surface area contributed by atoms with Crippen LogP contribution in [0.2, 0.25) is 0 Å². The molecule has 0 aliphatic heterocycles. The SMILES string of the molecule is CCCCc1nc(=O)c(S(=O)(=O)c2ccc(-c3ccc(F)nc3C)cc2)c(O)n1C(CC)c1ccc(F)cc1. The highest BCUT2D eigenvalue weighted by Crippen LogP contribution is 2.34. The molecule has 0 saturated heterocycles. The number of benzene rings is 2. The van der Waals surface area contributed by atoms with Crippen molar-refractivity contribution in [3.8, 4) is 17.0 Å². The maximum atomic E-state index is 13.7. The van der Waals surface area contributed by atoms with Crippen LogP contribution in [-0.4, -0.2) is 28.1 Å². The molecular weight excluding hydrogens is 524 g/mol. The van der Waals surface area contributed by atoms with Crippen LogP contribution in [0.4, 0.5) is 8.78 Å². The molecule has 0 radical (unpaired) electrons. The number of pyridine rings is 1. The molecule has 0 aliphatic rings. The normalized spacial score (nSPS) is 12.4. The van der Waals surface area contributed by atoms with Crippen LogP contribution in [0, 0.1) is 18.7 Å². The molecule has 1 atom stereocenters. The quantitative estimate of drug-likeness (QED) is 0.264. The fraction of sp³-hybridized carbons (Fsp3) is 0.276. The Morgan fingerprint density at radius 1 is 0.949 bits per heavy atom. The number of unbranched alkanes of at least 4 members (excludes halogenated alkanes) is 1. The number of hydrogen-bond acceptors (Lipinski definition) is 6. The maximum absolute atomic E-state index is 13.7. The Hall–Kier alpha value is -3.92. The van der Waals surface area contributed by atoms with Crippen LogP contribution in [0.5, 0.6) is 5.88 Å². The van der Waals surface area contributed by atoms with Crippen molar-refractivity contribution in [2.75, 3.05) is 0 Å². The Labute approximate surface area is 225 Å². The van der Waals surface area contributed by atoms with Gasteiger partial charge in [0.25, 0.3) is 5.56 Å². The summed E-state index contributed by atoms with van der Waals surface area (Å²) < 4.78 is 55.8. The second-order valence-electron chi connectivity index (χ2n) is 9.23. The standard InChI is InChI=1S/C29H29F2N3O4S/c1-4-6-7-26-33-28(35)27(29(36)34(26)24(5-2)20-8-12-21(30)13-9-20)39(37,38)22-14-10-19(11-15-22)23-16-17-25(31)32-18(23)3/h8-17,24,36H,4-7H2,1-3H3. The molecule has 4 rings (SSSR count). The highest BCUT2D eigenvalue weighted by molar-refractivity contribution is 7.91. The van der Waals surface area contributed by atoms with E-state index in [9.17, 15) is 27.1 Å². The summed E-state index contributed by atoms with van der Waals surface area (Å²) in [7, 11) is -4.49. The molecule has 2 heterocycles. The summed E-state index contributed by atoms with van der Waals surface area (Å²) >= 11 is 0. The maximum Gasteiger partial charge on any atom is 0.296 e. The van der Waals surface area contributed by atoms with E-state index in [0.29, 0.717) is 41.6 Å². The highest BCUT2D eigenvalue weighted by Gasteiger charge is 2.32. The largest absolute Gasteiger partial charge is 0.493 e. The van der Waals surface area contributed by atoms with Crippen molar-refractivity contribution in [2.45, 2.75) is 62.3 Å². The van der Waals surface area contributed by atoms with Crippen LogP contribution < -0.4 is 5.56 Å². The number of halogens is 2. The van der Waals surface area contributed by atoms with Crippen molar-refractivity contribution in [3.05, 3.63) is 99.9 Å². The third-order valence-electron chi connectivity index (χ3n) is 6.64. The molecular formula is C29H29F2N3O4S. The molecule has 0 spiro atoms. The topological polar surface area (TPSA) is 102 Å². The number of aromatic hydroxyl groups is 1. The average molecular weight is 554 g/mol. The number of nitrogens with zero attached hydrogens (tertiary/aromatic N) is 3. The van der Waals surface area contributed by atoms with Gasteiger partial charge in [-0.05, 0) is 67.3 Å². The lowest BCUT2D eigenvalue weighted by Crippen LogP contribution is -2.27. The van der Waals surface area contributed by atoms with E-state index in [-0.39, 0.29) is 10.7 Å². The van der Waals surface area contributed by atoms with Gasteiger partial charge >= 0.3 is 0 Å². The number of aryl methyl sites for hydroxylation is 2. The van der Waals surface area contributed by atoms with Crippen LogP contribution in [-0.2, 0) is 16.3 Å². The molecule has 0 fully saturated rings. The van der Waals surface area contributed by atoms with Crippen LogP contribution in [0.25, 0.3) is 11.1 Å². The van der Waals surface area contributed by atoms with Gasteiger partial charge in [0.05, 0.1) is 10.9 Å². The van der Waals surface area contributed by atoms with Gasteiger partial charge in [-0.2, -0.15) is 9.37 Å². The van der Waals surface area contributed by atoms with Gasteiger partial charge in [0, 0.05) is 17.7 Å². The number of sulfone groups is 1. The summed E-state index contributed by atoms with van der Waals surface area (Å²) in [4.78, 5) is 20.0. The van der Waals surface area contributed by atoms with Crippen molar-refractivity contribution in [2.24, 2.45) is 0 Å². The first-order chi connectivity index (χ1) is 18.6. The minimum absolute atomic E-state index is 0.212. The van der Waals surface area contributed by atoms with Gasteiger partial charge in [-0.3, -0.25) is 9.36 Å². The summed E-state index contributed by atoms with van der Waals surface area (Å²) in [6, 6.07) is 13.6. The molecule has 39 heavy (non-hydrogen) atoms. The minimum atomic E-state index is -4.49. The van der Waals surface area contributed by atoms with Gasteiger partial charge in [0.15, 0.2) is 4.90 Å². The molecule has 0 bridgehead atoms. The summed E-state index contributed by atoms with van der Waals surface area (Å²) in [5.74, 6) is -1.51. The fourth-order valence-corrected chi connectivity index (χ4v) is 5.99. The number of hydrogen-bond donors (Lipinski definition) is 1. The van der Waals surface area contributed by atoms with Gasteiger partial charge in [-0.15, -0.1) is 0 Å². The predicted molar refractivity (Wildman–Crippen MR) is 143 cm³/mol. The van der Waals surface area contributed by atoms with Crippen LogP contribution >= 0.6 is 0 Å². The van der Waals surface area contributed by atoms with Crippen molar-refractivity contribution in [1.29, 1.82) is 0 Å². The van der Waals surface area contributed by atoms with Crippen molar-refractivity contribution >= 4 is 9.84 Å². The minimum Gasteiger partial charge on any atom is -0.493 e. The van der Waals surface area contributed by atoms with Gasteiger partial charge in [-0.1, -0.05) is 44.5 Å². The lowest BCUT2D eigenvalue weighted by Gasteiger charge is -2.25. The van der Waals surface area contributed by atoms with Crippen molar-refractivity contribution in [3.63, 3.8) is 0 Å². The Bertz CT molecular complexity index is 1650. The van der Waals surface area contributed by atoms with E-state index in [1.54, 1.807) is 25.1 Å². The summed E-state index contributed by atoms with van der Waals surface area (Å²) in [6.45, 7) is 5.44. The first-order valence-electron chi connectivity index (χ1n) is 12.7. The monoisotopic (exact) mass is 553 g/mol. The molecule has 2 aromatic heterocycles. The molecule has 0 amide bonds. The van der Waals surface area contributed by atoms with Crippen molar-refractivity contribution in [1.82, 2.24) is 14.5 Å². The fourth-order valence-electron chi connectivity index (χ4n) is 4.64. The Morgan fingerprint density at radius 3 is 2.21 bits per heavy atom. The smallest absolute Gasteiger partial charge is 0.296 e. The van der Waals surface area contributed by atoms with E-state index in [0.717, 1.165) is 6.42 Å². The molecule has 4 aromatic rings. The first kappa shape index (κ1) is 28.1. The zero-order valence-electron chi connectivity index (χ0n) is 21.9. The highest BCUT2D eigenvalue weighted by atomic mass is 32.2. The van der Waals surface area contributed by atoms with E-state index in [1.165, 1.54) is 47.0 Å². The lowest BCUT2D eigenvalue weighted by atomic mass is 10.0. The van der Waals surface area contributed by atoms with Crippen LogP contribution in [0.3, 0.4) is 0 Å². The first-order valence-corrected chi connectivity index (χ1v) is 14.1. The molecule has 10 heteroatoms. The molecule has 7 nitrogen and oxygen atoms in total. The van der Waals surface area contributed by atoms with Crippen molar-refractivity contribution < 1.29 is 22.3 Å². The second kappa shape index (κ2) is 11.4. The molecule has 0 aliphatic carbocycles. The van der Waals surface area contributed by atoms with E-state index in [4.69, 9.17) is 0 Å². The third kappa shape index (κ3) is 5.61. The van der Waals surface area contributed by atoms with E-state index >= 15 is 0 Å². The number of aromatic nitrogens is 3. The molecule has 204 valence electrons. The van der Waals surface area contributed by atoms with Gasteiger partial charge in [0.1, 0.15) is 11.6 Å². The Morgan fingerprint density at radius 2 is 1.62 bits per heavy atom. The summed E-state index contributed by atoms with van der Waals surface area (Å²) in [5.41, 5.74) is 1.25. The van der Waals surface area contributed by atoms with Crippen LogP contribution in [0.15, 0.2) is 75.2 Å². The number of rotatable bonds is 9. The van der Waals surface area contributed by atoms with Gasteiger partial charge < -0.3 is 5.11 Å². The molecule has 1 N–H and O–H groups in total. The lowest BCUT2D eigenvalue weighted by molar-refractivity contribution is 0.358. The summed E-state index contributed by atoms with van der Waals surface area (Å²) in [5, 5.41) is 11.4. The summed E-state index contributed by atoms with van der Waals surface area (Å²) in [6.07, 6.45) is 2.22. The second-order valence-corrected chi connectivity index (χ2v) is 11.1. The Balaban J connectivity index is 1.85. The van der Waals surface area contributed by atoms with Gasteiger partial charge in [-0.25, -0.2) is 17.8 Å². The van der Waals surface area contributed by atoms with Crippen LogP contribution in [0.1, 0.15) is 56.2 Å². The average Bonchev–Trinajstić information content (AvgIpc) is 2.90. The third-order valence-corrected chi connectivity index (χ3v) is 8.42. The molecule has 0 saturated carbocycles.